The monoisotopic (exact) mass is 239 g/mol. The largest absolute Gasteiger partial charge is 0.341 e. The molecule has 0 unspecified atom stereocenters. The molecule has 0 bridgehead atoms. The van der Waals surface area contributed by atoms with Gasteiger partial charge in [-0.1, -0.05) is 25.4 Å². The Balaban J connectivity index is 2.36. The van der Waals surface area contributed by atoms with E-state index in [4.69, 9.17) is 11.6 Å². The number of aryl methyl sites for hydroxylation is 1. The third kappa shape index (κ3) is 2.14. The Bertz CT molecular complexity index is 361. The number of nitrogens with zero attached hydrogens (tertiary/aromatic N) is 3. The Hall–Kier alpha value is -0.830. The van der Waals surface area contributed by atoms with Crippen LogP contribution in [-0.4, -0.2) is 23.1 Å². The minimum Gasteiger partial charge on any atom is -0.341 e. The predicted octanol–water partition coefficient (Wildman–Crippen LogP) is 3.16. The zero-order valence-corrected chi connectivity index (χ0v) is 10.9. The highest BCUT2D eigenvalue weighted by Gasteiger charge is 2.19. The van der Waals surface area contributed by atoms with Crippen LogP contribution in [0.15, 0.2) is 0 Å². The molecule has 16 heavy (non-hydrogen) atoms. The third-order valence-electron chi connectivity index (χ3n) is 3.04. The zero-order chi connectivity index (χ0) is 11.7. The highest BCUT2D eigenvalue weighted by molar-refractivity contribution is 6.30. The fraction of sp³-hybridized carbons (Fsp3) is 0.667. The van der Waals surface area contributed by atoms with Gasteiger partial charge in [0.1, 0.15) is 5.15 Å². The van der Waals surface area contributed by atoms with Crippen molar-refractivity contribution in [2.45, 2.75) is 39.5 Å². The van der Waals surface area contributed by atoms with Gasteiger partial charge in [-0.15, -0.1) is 0 Å². The fourth-order valence-corrected chi connectivity index (χ4v) is 2.68. The summed E-state index contributed by atoms with van der Waals surface area (Å²) in [6.45, 7) is 8.36. The van der Waals surface area contributed by atoms with Crippen molar-refractivity contribution in [2.24, 2.45) is 0 Å². The zero-order valence-electron chi connectivity index (χ0n) is 10.1. The van der Waals surface area contributed by atoms with Gasteiger partial charge in [-0.2, -0.15) is 0 Å². The van der Waals surface area contributed by atoms with Gasteiger partial charge in [0.15, 0.2) is 0 Å². The maximum absolute atomic E-state index is 6.23. The van der Waals surface area contributed by atoms with Crippen LogP contribution in [0.5, 0.6) is 0 Å². The molecule has 3 nitrogen and oxygen atoms in total. The van der Waals surface area contributed by atoms with Crippen molar-refractivity contribution in [1.82, 2.24) is 9.97 Å². The molecule has 1 fully saturated rings. The number of halogens is 1. The van der Waals surface area contributed by atoms with Crippen molar-refractivity contribution in [1.29, 1.82) is 0 Å². The van der Waals surface area contributed by atoms with E-state index < -0.39 is 0 Å². The summed E-state index contributed by atoms with van der Waals surface area (Å²) in [4.78, 5) is 11.2. The summed E-state index contributed by atoms with van der Waals surface area (Å²) < 4.78 is 0. The molecule has 1 aromatic rings. The van der Waals surface area contributed by atoms with E-state index in [2.05, 4.69) is 28.7 Å². The van der Waals surface area contributed by atoms with E-state index in [0.29, 0.717) is 11.1 Å². The molecule has 0 aliphatic carbocycles. The Kier molecular flexibility index (Phi) is 3.33. The quantitative estimate of drug-likeness (QED) is 0.743. The normalized spacial score (nSPS) is 16.2. The average Bonchev–Trinajstić information content (AvgIpc) is 2.67. The first-order chi connectivity index (χ1) is 7.59. The number of anilines is 1. The van der Waals surface area contributed by atoms with Crippen molar-refractivity contribution in [2.75, 3.05) is 18.0 Å². The fourth-order valence-electron chi connectivity index (χ4n) is 2.25. The molecule has 0 aromatic carbocycles. The lowest BCUT2D eigenvalue weighted by Crippen LogP contribution is -2.21. The molecule has 0 spiro atoms. The molecule has 0 amide bonds. The minimum absolute atomic E-state index is 0.375. The van der Waals surface area contributed by atoms with Gasteiger partial charge in [0, 0.05) is 24.3 Å². The van der Waals surface area contributed by atoms with Crippen LogP contribution >= 0.6 is 11.6 Å². The standard InChI is InChI=1S/C12H18ClN3/c1-8(2)10-9(3)14-12(15-11(10)13)16-6-4-5-7-16/h8H,4-7H2,1-3H3. The van der Waals surface area contributed by atoms with E-state index in [1.54, 1.807) is 0 Å². The molecular formula is C12H18ClN3. The molecule has 0 atom stereocenters. The van der Waals surface area contributed by atoms with E-state index in [1.807, 2.05) is 6.92 Å². The Morgan fingerprint density at radius 2 is 1.81 bits per heavy atom. The first-order valence-electron chi connectivity index (χ1n) is 5.88. The lowest BCUT2D eigenvalue weighted by Gasteiger charge is -2.18. The van der Waals surface area contributed by atoms with Gasteiger partial charge in [0.05, 0.1) is 0 Å². The van der Waals surface area contributed by atoms with Gasteiger partial charge >= 0.3 is 0 Å². The topological polar surface area (TPSA) is 29.0 Å². The van der Waals surface area contributed by atoms with E-state index in [-0.39, 0.29) is 0 Å². The highest BCUT2D eigenvalue weighted by Crippen LogP contribution is 2.27. The second-order valence-corrected chi connectivity index (χ2v) is 5.02. The molecule has 88 valence electrons. The molecule has 1 aromatic heterocycles. The molecule has 0 N–H and O–H groups in total. The van der Waals surface area contributed by atoms with Crippen LogP contribution in [0.1, 0.15) is 43.9 Å². The Morgan fingerprint density at radius 3 is 2.31 bits per heavy atom. The van der Waals surface area contributed by atoms with Gasteiger partial charge in [0.2, 0.25) is 5.95 Å². The lowest BCUT2D eigenvalue weighted by molar-refractivity contribution is 0.812. The summed E-state index contributed by atoms with van der Waals surface area (Å²) in [5.74, 6) is 1.17. The van der Waals surface area contributed by atoms with Gasteiger partial charge in [-0.05, 0) is 25.7 Å². The summed E-state index contributed by atoms with van der Waals surface area (Å²) >= 11 is 6.23. The van der Waals surface area contributed by atoms with E-state index in [0.717, 1.165) is 30.3 Å². The summed E-state index contributed by atoms with van der Waals surface area (Å²) in [7, 11) is 0. The molecule has 4 heteroatoms. The van der Waals surface area contributed by atoms with Crippen LogP contribution < -0.4 is 4.90 Å². The van der Waals surface area contributed by atoms with Crippen LogP contribution in [-0.2, 0) is 0 Å². The lowest BCUT2D eigenvalue weighted by atomic mass is 10.0. The number of hydrogen-bond donors (Lipinski definition) is 0. The number of rotatable bonds is 2. The van der Waals surface area contributed by atoms with Gasteiger partial charge in [-0.25, -0.2) is 9.97 Å². The van der Waals surface area contributed by atoms with Crippen LogP contribution in [0.2, 0.25) is 5.15 Å². The first kappa shape index (κ1) is 11.6. The van der Waals surface area contributed by atoms with Crippen LogP contribution in [0, 0.1) is 6.92 Å². The summed E-state index contributed by atoms with van der Waals surface area (Å²) in [5, 5.41) is 0.615. The Labute approximate surface area is 102 Å². The van der Waals surface area contributed by atoms with Crippen LogP contribution in [0.25, 0.3) is 0 Å². The van der Waals surface area contributed by atoms with Crippen molar-refractivity contribution < 1.29 is 0 Å². The molecule has 2 rings (SSSR count). The van der Waals surface area contributed by atoms with Gasteiger partial charge < -0.3 is 4.90 Å². The van der Waals surface area contributed by atoms with Gasteiger partial charge in [-0.3, -0.25) is 0 Å². The predicted molar refractivity (Wildman–Crippen MR) is 67.3 cm³/mol. The molecular weight excluding hydrogens is 222 g/mol. The molecule has 0 saturated carbocycles. The number of aromatic nitrogens is 2. The molecule has 1 saturated heterocycles. The first-order valence-corrected chi connectivity index (χ1v) is 6.26. The van der Waals surface area contributed by atoms with Crippen molar-refractivity contribution in [3.8, 4) is 0 Å². The van der Waals surface area contributed by atoms with Crippen LogP contribution in [0.4, 0.5) is 5.95 Å². The third-order valence-corrected chi connectivity index (χ3v) is 3.33. The SMILES string of the molecule is Cc1nc(N2CCCC2)nc(Cl)c1C(C)C. The van der Waals surface area contributed by atoms with Crippen LogP contribution in [0.3, 0.4) is 0 Å². The highest BCUT2D eigenvalue weighted by atomic mass is 35.5. The average molecular weight is 240 g/mol. The van der Waals surface area contributed by atoms with E-state index >= 15 is 0 Å². The maximum Gasteiger partial charge on any atom is 0.226 e. The second-order valence-electron chi connectivity index (χ2n) is 4.66. The summed E-state index contributed by atoms with van der Waals surface area (Å²) in [6, 6.07) is 0. The molecule has 2 heterocycles. The summed E-state index contributed by atoms with van der Waals surface area (Å²) in [5.41, 5.74) is 2.08. The Morgan fingerprint density at radius 1 is 1.19 bits per heavy atom. The van der Waals surface area contributed by atoms with Crippen molar-refractivity contribution >= 4 is 17.5 Å². The second kappa shape index (κ2) is 4.58. The van der Waals surface area contributed by atoms with Crippen molar-refractivity contribution in [3.63, 3.8) is 0 Å². The van der Waals surface area contributed by atoms with E-state index in [9.17, 15) is 0 Å². The minimum atomic E-state index is 0.375. The number of hydrogen-bond acceptors (Lipinski definition) is 3. The summed E-state index contributed by atoms with van der Waals surface area (Å²) in [6.07, 6.45) is 2.46. The smallest absolute Gasteiger partial charge is 0.226 e. The molecule has 0 radical (unpaired) electrons. The van der Waals surface area contributed by atoms with Gasteiger partial charge in [0.25, 0.3) is 0 Å². The van der Waals surface area contributed by atoms with E-state index in [1.165, 1.54) is 12.8 Å². The molecule has 1 aliphatic heterocycles. The molecule has 1 aliphatic rings. The van der Waals surface area contributed by atoms with Crippen molar-refractivity contribution in [3.05, 3.63) is 16.4 Å². The maximum atomic E-state index is 6.23.